The van der Waals surface area contributed by atoms with Crippen molar-refractivity contribution in [3.63, 3.8) is 0 Å². The highest BCUT2D eigenvalue weighted by Crippen LogP contribution is 2.61. The lowest BCUT2D eigenvalue weighted by Gasteiger charge is -2.55. The van der Waals surface area contributed by atoms with Gasteiger partial charge in [-0.05, 0) is 68.6 Å². The number of carbonyl (C=O) groups is 1. The van der Waals surface area contributed by atoms with Gasteiger partial charge in [-0.25, -0.2) is 0 Å². The number of hydrogen-bond donors (Lipinski definition) is 0. The lowest BCUT2D eigenvalue weighted by molar-refractivity contribution is -0.175. The van der Waals surface area contributed by atoms with Gasteiger partial charge in [0.05, 0.1) is 12.0 Å². The molecule has 0 aromatic carbocycles. The Bertz CT molecular complexity index is 562. The minimum Gasteiger partial charge on any atom is -0.465 e. The predicted molar refractivity (Wildman–Crippen MR) is 150 cm³/mol. The van der Waals surface area contributed by atoms with Crippen molar-refractivity contribution in [1.29, 1.82) is 0 Å². The maximum absolute atomic E-state index is 14.0. The van der Waals surface area contributed by atoms with Crippen molar-refractivity contribution in [2.75, 3.05) is 6.61 Å². The Labute approximate surface area is 219 Å². The second kappa shape index (κ2) is 15.7. The van der Waals surface area contributed by atoms with E-state index in [4.69, 9.17) is 4.74 Å². The number of rotatable bonds is 15. The summed E-state index contributed by atoms with van der Waals surface area (Å²) in [6.07, 6.45) is 32.9. The molecule has 0 bridgehead atoms. The number of hydrogen-bond acceptors (Lipinski definition) is 2. The Balaban J connectivity index is 1.69. The van der Waals surface area contributed by atoms with Crippen LogP contribution in [-0.2, 0) is 9.53 Å². The fourth-order valence-electron chi connectivity index (χ4n) is 8.42. The van der Waals surface area contributed by atoms with Gasteiger partial charge in [-0.3, -0.25) is 4.79 Å². The monoisotopic (exact) mass is 488 g/mol. The van der Waals surface area contributed by atoms with Crippen molar-refractivity contribution < 1.29 is 9.53 Å². The first-order valence-electron chi connectivity index (χ1n) is 16.3. The van der Waals surface area contributed by atoms with Gasteiger partial charge in [-0.15, -0.1) is 0 Å². The number of carbonyl (C=O) groups excluding carboxylic acids is 1. The van der Waals surface area contributed by atoms with Crippen LogP contribution in [0.3, 0.4) is 0 Å². The van der Waals surface area contributed by atoms with E-state index >= 15 is 0 Å². The maximum Gasteiger partial charge on any atom is 0.312 e. The van der Waals surface area contributed by atoms with Crippen LogP contribution in [-0.4, -0.2) is 12.6 Å². The van der Waals surface area contributed by atoms with Crippen molar-refractivity contribution in [1.82, 2.24) is 0 Å². The van der Waals surface area contributed by atoms with E-state index in [-0.39, 0.29) is 16.8 Å². The molecule has 35 heavy (non-hydrogen) atoms. The first-order valence-corrected chi connectivity index (χ1v) is 16.3. The number of ether oxygens (including phenoxy) is 1. The molecule has 2 nitrogen and oxygen atoms in total. The van der Waals surface area contributed by atoms with Crippen molar-refractivity contribution >= 4 is 5.97 Å². The van der Waals surface area contributed by atoms with Gasteiger partial charge in [0.15, 0.2) is 0 Å². The third-order valence-corrected chi connectivity index (χ3v) is 10.7. The van der Waals surface area contributed by atoms with E-state index in [0.717, 1.165) is 31.1 Å². The molecule has 3 aliphatic carbocycles. The van der Waals surface area contributed by atoms with Crippen LogP contribution in [0.15, 0.2) is 0 Å². The molecule has 0 spiro atoms. The third-order valence-electron chi connectivity index (χ3n) is 10.7. The molecule has 0 unspecified atom stereocenters. The van der Waals surface area contributed by atoms with Crippen LogP contribution in [0.2, 0.25) is 0 Å². The van der Waals surface area contributed by atoms with Crippen LogP contribution in [0.1, 0.15) is 174 Å². The van der Waals surface area contributed by atoms with E-state index < -0.39 is 0 Å². The quantitative estimate of drug-likeness (QED) is 0.169. The van der Waals surface area contributed by atoms with Crippen LogP contribution < -0.4 is 0 Å². The molecule has 0 aromatic rings. The molecule has 0 radical (unpaired) electrons. The summed E-state index contributed by atoms with van der Waals surface area (Å²) in [6.45, 7) is 5.18. The van der Waals surface area contributed by atoms with Gasteiger partial charge < -0.3 is 4.74 Å². The predicted octanol–water partition coefficient (Wildman–Crippen LogP) is 10.6. The SMILES string of the molecule is CCCCCCCCC[C@]1(C2(C(=O)OCCCCC)CCCCC2)CC[C@@H](C2CCCCC2)CC1. The van der Waals surface area contributed by atoms with Crippen LogP contribution in [0.4, 0.5) is 0 Å². The molecular formula is C33H60O2. The van der Waals surface area contributed by atoms with Crippen molar-refractivity contribution in [2.24, 2.45) is 22.7 Å². The van der Waals surface area contributed by atoms with E-state index in [1.165, 1.54) is 141 Å². The zero-order valence-corrected chi connectivity index (χ0v) is 23.9. The highest BCUT2D eigenvalue weighted by molar-refractivity contribution is 5.78. The van der Waals surface area contributed by atoms with E-state index in [0.29, 0.717) is 6.61 Å². The van der Waals surface area contributed by atoms with Gasteiger partial charge in [0.1, 0.15) is 0 Å². The summed E-state index contributed by atoms with van der Waals surface area (Å²) in [7, 11) is 0. The molecule has 204 valence electrons. The molecule has 0 saturated heterocycles. The van der Waals surface area contributed by atoms with Crippen LogP contribution in [0.5, 0.6) is 0 Å². The van der Waals surface area contributed by atoms with E-state index in [9.17, 15) is 4.79 Å². The van der Waals surface area contributed by atoms with Crippen LogP contribution in [0.25, 0.3) is 0 Å². The Kier molecular flexibility index (Phi) is 13.0. The normalized spacial score (nSPS) is 27.5. The fraction of sp³-hybridized carbons (Fsp3) is 0.970. The van der Waals surface area contributed by atoms with Gasteiger partial charge in [-0.1, -0.05) is 123 Å². The van der Waals surface area contributed by atoms with E-state index in [1.54, 1.807) is 0 Å². The zero-order valence-electron chi connectivity index (χ0n) is 23.9. The van der Waals surface area contributed by atoms with Gasteiger partial charge in [0.2, 0.25) is 0 Å². The lowest BCUT2D eigenvalue weighted by Crippen LogP contribution is -2.52. The van der Waals surface area contributed by atoms with Gasteiger partial charge in [0, 0.05) is 0 Å². The second-order valence-corrected chi connectivity index (χ2v) is 12.9. The highest BCUT2D eigenvalue weighted by atomic mass is 16.5. The minimum atomic E-state index is -0.183. The van der Waals surface area contributed by atoms with Crippen molar-refractivity contribution in [3.8, 4) is 0 Å². The van der Waals surface area contributed by atoms with Gasteiger partial charge in [0.25, 0.3) is 0 Å². The molecule has 3 rings (SSSR count). The fourth-order valence-corrected chi connectivity index (χ4v) is 8.42. The molecule has 0 N–H and O–H groups in total. The van der Waals surface area contributed by atoms with Crippen molar-refractivity contribution in [2.45, 2.75) is 174 Å². The number of esters is 1. The lowest BCUT2D eigenvalue weighted by atomic mass is 9.49. The molecule has 3 fully saturated rings. The zero-order chi connectivity index (χ0) is 24.8. The first kappa shape index (κ1) is 29.0. The highest BCUT2D eigenvalue weighted by Gasteiger charge is 2.57. The van der Waals surface area contributed by atoms with Gasteiger partial charge in [-0.2, -0.15) is 0 Å². The second-order valence-electron chi connectivity index (χ2n) is 12.9. The molecular weight excluding hydrogens is 428 g/mol. The first-order chi connectivity index (χ1) is 17.2. The molecule has 3 saturated carbocycles. The Hall–Kier alpha value is -0.530. The minimum absolute atomic E-state index is 0.183. The summed E-state index contributed by atoms with van der Waals surface area (Å²) in [4.78, 5) is 14.0. The summed E-state index contributed by atoms with van der Waals surface area (Å²) in [5.74, 6) is 2.12. The maximum atomic E-state index is 14.0. The average Bonchev–Trinajstić information content (AvgIpc) is 2.91. The Morgan fingerprint density at radius 3 is 1.83 bits per heavy atom. The molecule has 0 atom stereocenters. The molecule has 0 amide bonds. The Morgan fingerprint density at radius 1 is 0.629 bits per heavy atom. The number of unbranched alkanes of at least 4 members (excludes halogenated alkanes) is 8. The molecule has 3 aliphatic rings. The summed E-state index contributed by atoms with van der Waals surface area (Å²) in [5.41, 5.74) is 0.0288. The molecule has 0 aliphatic heterocycles. The van der Waals surface area contributed by atoms with Gasteiger partial charge >= 0.3 is 5.97 Å². The average molecular weight is 489 g/mol. The van der Waals surface area contributed by atoms with E-state index in [1.807, 2.05) is 0 Å². The summed E-state index contributed by atoms with van der Waals surface area (Å²) in [6, 6.07) is 0. The molecule has 0 heterocycles. The standard InChI is InChI=1S/C33H60O2/c1-3-5-7-8-9-10-15-23-32(26-21-30(22-27-32)29-19-13-11-14-20-29)33(24-16-12-17-25-33)31(34)35-28-18-6-4-2/h29-30H,3-28H2,1-2H3/t30-,32+. The Morgan fingerprint density at radius 2 is 1.17 bits per heavy atom. The topological polar surface area (TPSA) is 26.3 Å². The largest absolute Gasteiger partial charge is 0.465 e. The molecule has 0 aromatic heterocycles. The molecule has 2 heteroatoms. The van der Waals surface area contributed by atoms with E-state index in [2.05, 4.69) is 13.8 Å². The smallest absolute Gasteiger partial charge is 0.312 e. The van der Waals surface area contributed by atoms with Crippen molar-refractivity contribution in [3.05, 3.63) is 0 Å². The third kappa shape index (κ3) is 7.98. The summed E-state index contributed by atoms with van der Waals surface area (Å²) >= 11 is 0. The van der Waals surface area contributed by atoms with Crippen LogP contribution >= 0.6 is 0 Å². The summed E-state index contributed by atoms with van der Waals surface area (Å²) in [5, 5.41) is 0. The van der Waals surface area contributed by atoms with Crippen LogP contribution in [0, 0.1) is 22.7 Å². The summed E-state index contributed by atoms with van der Waals surface area (Å²) < 4.78 is 6.14.